The van der Waals surface area contributed by atoms with E-state index in [2.05, 4.69) is 0 Å². The van der Waals surface area contributed by atoms with Crippen molar-refractivity contribution < 1.29 is 14.8 Å². The minimum Gasteiger partial charge on any atom is -0.389 e. The maximum atomic E-state index is 11.6. The van der Waals surface area contributed by atoms with E-state index in [-0.39, 0.29) is 17.0 Å². The minimum absolute atomic E-state index is 0.120. The van der Waals surface area contributed by atoms with Crippen molar-refractivity contribution in [2.24, 2.45) is 0 Å². The highest BCUT2D eigenvalue weighted by Crippen LogP contribution is 2.26. The number of hydrogen-bond donors (Lipinski definition) is 1. The van der Waals surface area contributed by atoms with Gasteiger partial charge in [-0.15, -0.1) is 0 Å². The second kappa shape index (κ2) is 5.36. The van der Waals surface area contributed by atoms with Crippen LogP contribution in [0.3, 0.4) is 0 Å². The predicted molar refractivity (Wildman–Crippen MR) is 72.7 cm³/mol. The van der Waals surface area contributed by atoms with Gasteiger partial charge in [-0.25, -0.2) is 0 Å². The Hall–Kier alpha value is -1.95. The Morgan fingerprint density at radius 1 is 1.47 bits per heavy atom. The molecular formula is C13H18N2O4. The van der Waals surface area contributed by atoms with Crippen molar-refractivity contribution in [3.63, 3.8) is 0 Å². The molecule has 0 aromatic heterocycles. The van der Waals surface area contributed by atoms with Crippen molar-refractivity contribution in [2.75, 3.05) is 18.5 Å². The summed E-state index contributed by atoms with van der Waals surface area (Å²) in [5, 5.41) is 20.5. The molecule has 0 spiro atoms. The van der Waals surface area contributed by atoms with E-state index in [1.54, 1.807) is 25.8 Å². The Balaban J connectivity index is 3.20. The van der Waals surface area contributed by atoms with E-state index in [4.69, 9.17) is 0 Å². The van der Waals surface area contributed by atoms with Crippen molar-refractivity contribution in [1.29, 1.82) is 0 Å². The van der Waals surface area contributed by atoms with Crippen LogP contribution in [-0.4, -0.2) is 35.0 Å². The normalized spacial score (nSPS) is 11.2. The van der Waals surface area contributed by atoms with Crippen molar-refractivity contribution in [3.05, 3.63) is 33.9 Å². The maximum absolute atomic E-state index is 11.6. The first kappa shape index (κ1) is 15.1. The molecule has 0 fully saturated rings. The SMILES string of the molecule is CC(=O)c1cc([N+](=O)[O-])ccc1N(C)CC(C)(C)O. The summed E-state index contributed by atoms with van der Waals surface area (Å²) in [5.74, 6) is -0.249. The Labute approximate surface area is 111 Å². The predicted octanol–water partition coefficient (Wildman–Crippen LogP) is 2.00. The fraction of sp³-hybridized carbons (Fsp3) is 0.462. The van der Waals surface area contributed by atoms with Gasteiger partial charge in [0.2, 0.25) is 0 Å². The summed E-state index contributed by atoms with van der Waals surface area (Å²) in [7, 11) is 1.73. The van der Waals surface area contributed by atoms with Crippen LogP contribution in [0.15, 0.2) is 18.2 Å². The third kappa shape index (κ3) is 4.03. The number of likely N-dealkylation sites (N-methyl/N-ethyl adjacent to an activating group) is 1. The van der Waals surface area contributed by atoms with Gasteiger partial charge in [0, 0.05) is 37.0 Å². The van der Waals surface area contributed by atoms with Crippen LogP contribution in [0.5, 0.6) is 0 Å². The van der Waals surface area contributed by atoms with Crippen LogP contribution in [0.2, 0.25) is 0 Å². The molecule has 104 valence electrons. The molecule has 19 heavy (non-hydrogen) atoms. The van der Waals surface area contributed by atoms with Gasteiger partial charge in [-0.2, -0.15) is 0 Å². The van der Waals surface area contributed by atoms with Gasteiger partial charge in [-0.3, -0.25) is 14.9 Å². The van der Waals surface area contributed by atoms with Gasteiger partial charge in [-0.05, 0) is 26.8 Å². The highest BCUT2D eigenvalue weighted by molar-refractivity contribution is 6.00. The lowest BCUT2D eigenvalue weighted by Crippen LogP contribution is -2.36. The highest BCUT2D eigenvalue weighted by atomic mass is 16.6. The number of rotatable bonds is 5. The molecule has 0 atom stereocenters. The molecule has 0 unspecified atom stereocenters. The number of non-ortho nitro benzene ring substituents is 1. The second-order valence-electron chi connectivity index (χ2n) is 5.18. The first-order chi connectivity index (χ1) is 8.61. The molecule has 0 bridgehead atoms. The van der Waals surface area contributed by atoms with E-state index in [1.165, 1.54) is 25.1 Å². The number of aliphatic hydroxyl groups is 1. The Morgan fingerprint density at radius 3 is 2.47 bits per heavy atom. The number of nitro benzene ring substituents is 1. The van der Waals surface area contributed by atoms with Crippen molar-refractivity contribution in [1.82, 2.24) is 0 Å². The summed E-state index contributed by atoms with van der Waals surface area (Å²) in [4.78, 5) is 23.5. The molecule has 0 amide bonds. The molecular weight excluding hydrogens is 248 g/mol. The topological polar surface area (TPSA) is 83.7 Å². The number of nitro groups is 1. The summed E-state index contributed by atoms with van der Waals surface area (Å²) < 4.78 is 0. The van der Waals surface area contributed by atoms with E-state index in [0.717, 1.165) is 0 Å². The first-order valence-electron chi connectivity index (χ1n) is 5.85. The molecule has 0 saturated heterocycles. The lowest BCUT2D eigenvalue weighted by molar-refractivity contribution is -0.384. The second-order valence-corrected chi connectivity index (χ2v) is 5.18. The van der Waals surface area contributed by atoms with Crippen LogP contribution in [0.4, 0.5) is 11.4 Å². The zero-order chi connectivity index (χ0) is 14.8. The molecule has 0 aliphatic rings. The fourth-order valence-corrected chi connectivity index (χ4v) is 1.92. The van der Waals surface area contributed by atoms with Crippen LogP contribution in [-0.2, 0) is 0 Å². The van der Waals surface area contributed by atoms with Gasteiger partial charge in [0.1, 0.15) is 0 Å². The fourth-order valence-electron chi connectivity index (χ4n) is 1.92. The number of Topliss-reactive ketones (excluding diaryl/α,β-unsaturated/α-hetero) is 1. The summed E-state index contributed by atoms with van der Waals surface area (Å²) in [6.45, 7) is 4.98. The molecule has 1 aromatic carbocycles. The van der Waals surface area contributed by atoms with Gasteiger partial charge < -0.3 is 10.0 Å². The van der Waals surface area contributed by atoms with E-state index in [1.807, 2.05) is 0 Å². The van der Waals surface area contributed by atoms with Crippen LogP contribution in [0.25, 0.3) is 0 Å². The monoisotopic (exact) mass is 266 g/mol. The molecule has 1 aromatic rings. The molecule has 0 aliphatic carbocycles. The van der Waals surface area contributed by atoms with Crippen LogP contribution in [0.1, 0.15) is 31.1 Å². The molecule has 1 N–H and O–H groups in total. The Kier molecular flexibility index (Phi) is 4.26. The number of ketones is 1. The van der Waals surface area contributed by atoms with Crippen molar-refractivity contribution >= 4 is 17.2 Å². The van der Waals surface area contributed by atoms with Crippen LogP contribution >= 0.6 is 0 Å². The third-order valence-electron chi connectivity index (χ3n) is 2.61. The summed E-state index contributed by atoms with van der Waals surface area (Å²) in [6.07, 6.45) is 0. The largest absolute Gasteiger partial charge is 0.389 e. The van der Waals surface area contributed by atoms with E-state index in [9.17, 15) is 20.0 Å². The van der Waals surface area contributed by atoms with Crippen LogP contribution in [0, 0.1) is 10.1 Å². The van der Waals surface area contributed by atoms with E-state index < -0.39 is 10.5 Å². The number of hydrogen-bond acceptors (Lipinski definition) is 5. The molecule has 0 aliphatic heterocycles. The summed E-state index contributed by atoms with van der Waals surface area (Å²) in [6, 6.07) is 4.14. The molecule has 0 radical (unpaired) electrons. The quantitative estimate of drug-likeness (QED) is 0.500. The zero-order valence-electron chi connectivity index (χ0n) is 11.5. The lowest BCUT2D eigenvalue weighted by Gasteiger charge is -2.28. The number of anilines is 1. The molecule has 0 heterocycles. The zero-order valence-corrected chi connectivity index (χ0v) is 11.5. The number of benzene rings is 1. The maximum Gasteiger partial charge on any atom is 0.270 e. The first-order valence-corrected chi connectivity index (χ1v) is 5.85. The van der Waals surface area contributed by atoms with Crippen molar-refractivity contribution in [2.45, 2.75) is 26.4 Å². The smallest absolute Gasteiger partial charge is 0.270 e. The lowest BCUT2D eigenvalue weighted by atomic mass is 10.1. The average Bonchev–Trinajstić information content (AvgIpc) is 2.25. The molecule has 6 nitrogen and oxygen atoms in total. The Bertz CT molecular complexity index is 506. The molecule has 1 rings (SSSR count). The number of carbonyl (C=O) groups excluding carboxylic acids is 1. The summed E-state index contributed by atoms with van der Waals surface area (Å²) >= 11 is 0. The third-order valence-corrected chi connectivity index (χ3v) is 2.61. The Morgan fingerprint density at radius 2 is 2.05 bits per heavy atom. The molecule has 6 heteroatoms. The standard InChI is InChI=1S/C13H18N2O4/c1-9(16)11-7-10(15(18)19)5-6-12(11)14(4)8-13(2,3)17/h5-7,17H,8H2,1-4H3. The van der Waals surface area contributed by atoms with Gasteiger partial charge >= 0.3 is 0 Å². The van der Waals surface area contributed by atoms with Gasteiger partial charge in [-0.1, -0.05) is 0 Å². The van der Waals surface area contributed by atoms with Gasteiger partial charge in [0.05, 0.1) is 10.5 Å². The summed E-state index contributed by atoms with van der Waals surface area (Å²) in [5.41, 5.74) is -0.198. The number of carbonyl (C=O) groups is 1. The highest BCUT2D eigenvalue weighted by Gasteiger charge is 2.21. The van der Waals surface area contributed by atoms with Gasteiger partial charge in [0.25, 0.3) is 5.69 Å². The average molecular weight is 266 g/mol. The van der Waals surface area contributed by atoms with Crippen molar-refractivity contribution in [3.8, 4) is 0 Å². The molecule has 0 saturated carbocycles. The van der Waals surface area contributed by atoms with Crippen LogP contribution < -0.4 is 4.90 Å². The number of nitrogens with zero attached hydrogens (tertiary/aromatic N) is 2. The van der Waals surface area contributed by atoms with Gasteiger partial charge in [0.15, 0.2) is 5.78 Å². The minimum atomic E-state index is -0.926. The van der Waals surface area contributed by atoms with E-state index >= 15 is 0 Å². The van der Waals surface area contributed by atoms with E-state index in [0.29, 0.717) is 12.2 Å².